The first-order valence-electron chi connectivity index (χ1n) is 8.87. The van der Waals surface area contributed by atoms with Crippen LogP contribution in [0.25, 0.3) is 10.9 Å². The molecule has 0 bridgehead atoms. The second-order valence-corrected chi connectivity index (χ2v) is 9.47. The highest BCUT2D eigenvalue weighted by molar-refractivity contribution is 9.10. The van der Waals surface area contributed by atoms with Crippen LogP contribution in [0, 0.1) is 0 Å². The fourth-order valence-electron chi connectivity index (χ4n) is 3.33. The third-order valence-electron chi connectivity index (χ3n) is 4.77. The molecule has 2 N–H and O–H groups in total. The van der Waals surface area contributed by atoms with Crippen LogP contribution in [0.3, 0.4) is 0 Å². The van der Waals surface area contributed by atoms with Crippen LogP contribution >= 0.6 is 27.5 Å². The highest BCUT2D eigenvalue weighted by Gasteiger charge is 2.26. The topological polar surface area (TPSA) is 106 Å². The average molecular weight is 502 g/mol. The molecule has 0 aliphatic carbocycles. The summed E-state index contributed by atoms with van der Waals surface area (Å²) >= 11 is 9.46. The van der Waals surface area contributed by atoms with Gasteiger partial charge in [0.1, 0.15) is 9.37 Å². The molecule has 1 saturated heterocycles. The van der Waals surface area contributed by atoms with Crippen LogP contribution in [-0.2, 0) is 14.8 Å². The molecular weight excluding hydrogens is 484 g/mol. The number of nitrogens with one attached hydrogen (secondary N) is 2. The quantitative estimate of drug-likeness (QED) is 0.546. The number of ether oxygens (including phenoxy) is 2. The van der Waals surface area contributed by atoms with E-state index in [9.17, 15) is 8.42 Å². The van der Waals surface area contributed by atoms with Crippen molar-refractivity contribution < 1.29 is 17.9 Å². The van der Waals surface area contributed by atoms with E-state index >= 15 is 0 Å². The van der Waals surface area contributed by atoms with Crippen LogP contribution in [-0.4, -0.2) is 43.7 Å². The molecule has 4 rings (SSSR count). The number of benzene rings is 1. The maximum atomic E-state index is 13.0. The summed E-state index contributed by atoms with van der Waals surface area (Å²) in [7, 11) is -2.46. The van der Waals surface area contributed by atoms with E-state index in [1.54, 1.807) is 18.2 Å². The zero-order valence-corrected chi connectivity index (χ0v) is 18.6. The number of hydrogen-bond donors (Lipinski definition) is 2. The molecule has 29 heavy (non-hydrogen) atoms. The molecule has 3 aromatic rings. The lowest BCUT2D eigenvalue weighted by molar-refractivity contribution is 0.0843. The molecule has 154 valence electrons. The molecule has 11 heteroatoms. The molecular formula is C18H18BrClN4O4S. The van der Waals surface area contributed by atoms with Gasteiger partial charge in [0.15, 0.2) is 0 Å². The smallest absolute Gasteiger partial charge is 0.266 e. The number of hydrogen-bond acceptors (Lipinski definition) is 6. The van der Waals surface area contributed by atoms with Crippen LogP contribution < -0.4 is 9.46 Å². The van der Waals surface area contributed by atoms with E-state index in [0.717, 1.165) is 12.8 Å². The van der Waals surface area contributed by atoms with E-state index in [-0.39, 0.29) is 22.6 Å². The number of fused-ring (bicyclic) bond motifs is 1. The molecule has 0 radical (unpaired) electrons. The summed E-state index contributed by atoms with van der Waals surface area (Å²) in [5.41, 5.74) is 1.32. The summed E-state index contributed by atoms with van der Waals surface area (Å²) in [6, 6.07) is 4.96. The zero-order valence-electron chi connectivity index (χ0n) is 15.4. The van der Waals surface area contributed by atoms with Crippen molar-refractivity contribution in [1.29, 1.82) is 0 Å². The number of anilines is 1. The van der Waals surface area contributed by atoms with E-state index in [1.807, 2.05) is 0 Å². The van der Waals surface area contributed by atoms with Crippen molar-refractivity contribution in [3.05, 3.63) is 39.6 Å². The van der Waals surface area contributed by atoms with E-state index in [0.29, 0.717) is 39.3 Å². The minimum atomic E-state index is -3.94. The van der Waals surface area contributed by atoms with Crippen molar-refractivity contribution in [3.63, 3.8) is 0 Å². The molecule has 1 aliphatic rings. The van der Waals surface area contributed by atoms with Gasteiger partial charge in [-0.05, 0) is 47.0 Å². The lowest BCUT2D eigenvalue weighted by atomic mass is 9.96. The van der Waals surface area contributed by atoms with Crippen molar-refractivity contribution in [2.45, 2.75) is 23.7 Å². The van der Waals surface area contributed by atoms with Crippen LogP contribution in [0.15, 0.2) is 33.8 Å². The Morgan fingerprint density at radius 3 is 2.79 bits per heavy atom. The Kier molecular flexibility index (Phi) is 5.69. The van der Waals surface area contributed by atoms with Gasteiger partial charge in [0.05, 0.1) is 12.8 Å². The van der Waals surface area contributed by atoms with Gasteiger partial charge in [-0.15, -0.1) is 0 Å². The molecule has 0 spiro atoms. The van der Waals surface area contributed by atoms with Crippen molar-refractivity contribution in [2.24, 2.45) is 0 Å². The van der Waals surface area contributed by atoms with Gasteiger partial charge in [-0.1, -0.05) is 11.6 Å². The fraction of sp³-hybridized carbons (Fsp3) is 0.333. The Hall–Kier alpha value is -1.88. The number of nitrogens with zero attached hydrogens (tertiary/aromatic N) is 2. The summed E-state index contributed by atoms with van der Waals surface area (Å²) < 4.78 is 39.9. The van der Waals surface area contributed by atoms with Gasteiger partial charge in [0.2, 0.25) is 11.8 Å². The zero-order chi connectivity index (χ0) is 20.6. The maximum Gasteiger partial charge on any atom is 0.266 e. The van der Waals surface area contributed by atoms with Crippen LogP contribution in [0.2, 0.25) is 5.02 Å². The second kappa shape index (κ2) is 8.10. The summed E-state index contributed by atoms with van der Waals surface area (Å²) in [6.07, 6.45) is 2.99. The van der Waals surface area contributed by atoms with Crippen molar-refractivity contribution in [3.8, 4) is 5.88 Å². The first-order valence-corrected chi connectivity index (χ1v) is 11.5. The monoisotopic (exact) mass is 500 g/mol. The Morgan fingerprint density at radius 2 is 2.07 bits per heavy atom. The Balaban J connectivity index is 1.72. The van der Waals surface area contributed by atoms with Gasteiger partial charge >= 0.3 is 0 Å². The summed E-state index contributed by atoms with van der Waals surface area (Å²) in [5.74, 6) is 0.341. The van der Waals surface area contributed by atoms with Gasteiger partial charge < -0.3 is 14.5 Å². The largest absolute Gasteiger partial charge is 0.480 e. The van der Waals surface area contributed by atoms with E-state index < -0.39 is 10.0 Å². The molecule has 3 heterocycles. The van der Waals surface area contributed by atoms with Crippen LogP contribution in [0.5, 0.6) is 5.88 Å². The Morgan fingerprint density at radius 1 is 1.31 bits per heavy atom. The SMILES string of the molecule is COc1nc(NS(=O)(=O)c2c[nH]c3cc(Cl)ccc23)nc(C2CCOCC2)c1Br. The molecule has 1 aliphatic heterocycles. The Bertz CT molecular complexity index is 1160. The minimum Gasteiger partial charge on any atom is -0.480 e. The third-order valence-corrected chi connectivity index (χ3v) is 7.12. The standard InChI is InChI=1S/C18H18BrClN4O4S/c1-27-17-15(19)16(10-4-6-28-7-5-10)22-18(23-17)24-29(25,26)14-9-21-13-8-11(20)2-3-12(13)14/h2-3,8-10,21H,4-7H2,1H3,(H,22,23,24). The number of rotatable bonds is 5. The Labute approximate surface area is 181 Å². The minimum absolute atomic E-state index is 0.0464. The van der Waals surface area contributed by atoms with E-state index in [4.69, 9.17) is 21.1 Å². The summed E-state index contributed by atoms with van der Waals surface area (Å²) in [6.45, 7) is 1.25. The van der Waals surface area contributed by atoms with E-state index in [2.05, 4.69) is 35.6 Å². The van der Waals surface area contributed by atoms with Gasteiger partial charge in [-0.25, -0.2) is 18.1 Å². The highest BCUT2D eigenvalue weighted by atomic mass is 79.9. The van der Waals surface area contributed by atoms with Gasteiger partial charge in [0, 0.05) is 41.3 Å². The molecule has 1 aromatic carbocycles. The number of H-pyrrole nitrogens is 1. The van der Waals surface area contributed by atoms with E-state index in [1.165, 1.54) is 13.3 Å². The van der Waals surface area contributed by atoms with Gasteiger partial charge in [-0.2, -0.15) is 4.98 Å². The summed E-state index contributed by atoms with van der Waals surface area (Å²) in [4.78, 5) is 11.7. The molecule has 1 fully saturated rings. The molecule has 0 atom stereocenters. The van der Waals surface area contributed by atoms with Crippen molar-refractivity contribution >= 4 is 54.4 Å². The molecule has 0 unspecified atom stereocenters. The van der Waals surface area contributed by atoms with Gasteiger partial charge in [0.25, 0.3) is 10.0 Å². The number of methoxy groups -OCH3 is 1. The number of aromatic amines is 1. The second-order valence-electron chi connectivity index (χ2n) is 6.59. The number of halogens is 2. The molecule has 2 aromatic heterocycles. The lowest BCUT2D eigenvalue weighted by Crippen LogP contribution is -2.19. The number of aromatic nitrogens is 3. The average Bonchev–Trinajstić information content (AvgIpc) is 3.13. The third kappa shape index (κ3) is 4.07. The molecule has 0 saturated carbocycles. The maximum absolute atomic E-state index is 13.0. The number of sulfonamides is 1. The van der Waals surface area contributed by atoms with Crippen molar-refractivity contribution in [2.75, 3.05) is 25.0 Å². The predicted octanol–water partition coefficient (Wildman–Crippen LogP) is 4.08. The molecule has 8 nitrogen and oxygen atoms in total. The highest BCUT2D eigenvalue weighted by Crippen LogP contribution is 2.36. The normalized spacial score (nSPS) is 15.6. The van der Waals surface area contributed by atoms with Crippen molar-refractivity contribution in [1.82, 2.24) is 15.0 Å². The first-order chi connectivity index (χ1) is 13.9. The molecule has 0 amide bonds. The summed E-state index contributed by atoms with van der Waals surface area (Å²) in [5, 5.41) is 1.04. The van der Waals surface area contributed by atoms with Crippen LogP contribution in [0.1, 0.15) is 24.5 Å². The predicted molar refractivity (Wildman–Crippen MR) is 113 cm³/mol. The first kappa shape index (κ1) is 20.4. The van der Waals surface area contributed by atoms with Gasteiger partial charge in [-0.3, -0.25) is 0 Å². The lowest BCUT2D eigenvalue weighted by Gasteiger charge is -2.23. The fourth-order valence-corrected chi connectivity index (χ4v) is 5.29. The van der Waals surface area contributed by atoms with Crippen LogP contribution in [0.4, 0.5) is 5.95 Å².